The van der Waals surface area contributed by atoms with Crippen LogP contribution in [0.4, 0.5) is 0 Å². The average molecular weight is 316 g/mol. The zero-order chi connectivity index (χ0) is 16.9. The topological polar surface area (TPSA) is 49.7 Å². The molecule has 2 N–H and O–H groups in total. The fourth-order valence-electron chi connectivity index (χ4n) is 3.69. The maximum absolute atomic E-state index is 10.1. The maximum atomic E-state index is 10.1. The van der Waals surface area contributed by atoms with Gasteiger partial charge in [-0.1, -0.05) is 24.3 Å². The lowest BCUT2D eigenvalue weighted by atomic mass is 9.77. The van der Waals surface area contributed by atoms with Gasteiger partial charge in [-0.05, 0) is 76.7 Å². The molecule has 2 bridgehead atoms. The third-order valence-corrected chi connectivity index (χ3v) is 5.04. The number of ether oxygens (including phenoxy) is 1. The molecule has 3 nitrogen and oxygen atoms in total. The lowest BCUT2D eigenvalue weighted by Crippen LogP contribution is -2.29. The molecule has 2 heterocycles. The molecule has 0 aromatic heterocycles. The van der Waals surface area contributed by atoms with Crippen LogP contribution in [0.5, 0.6) is 0 Å². The predicted octanol–water partition coefficient (Wildman–Crippen LogP) is 3.78. The molecule has 2 aliphatic rings. The fourth-order valence-corrected chi connectivity index (χ4v) is 3.69. The van der Waals surface area contributed by atoms with Crippen LogP contribution in [-0.4, -0.2) is 21.4 Å². The quantitative estimate of drug-likeness (QED) is 0.785. The number of hydrogen-bond acceptors (Lipinski definition) is 3. The molecule has 1 aromatic carbocycles. The van der Waals surface area contributed by atoms with E-state index in [0.717, 1.165) is 12.8 Å². The highest BCUT2D eigenvalue weighted by Gasteiger charge is 2.55. The Morgan fingerprint density at radius 1 is 0.826 bits per heavy atom. The smallest absolute Gasteiger partial charge is 0.113 e. The first-order valence-corrected chi connectivity index (χ1v) is 8.51. The molecule has 2 unspecified atom stereocenters. The molecule has 2 atom stereocenters. The highest BCUT2D eigenvalue weighted by Crippen LogP contribution is 2.58. The molecule has 1 aromatic rings. The van der Waals surface area contributed by atoms with E-state index in [9.17, 15) is 10.2 Å². The maximum Gasteiger partial charge on any atom is 0.113 e. The second-order valence-electron chi connectivity index (χ2n) is 8.38. The first kappa shape index (κ1) is 16.7. The van der Waals surface area contributed by atoms with Gasteiger partial charge in [0.25, 0.3) is 0 Å². The molecule has 0 fully saturated rings. The van der Waals surface area contributed by atoms with E-state index in [1.54, 1.807) is 0 Å². The van der Waals surface area contributed by atoms with Gasteiger partial charge >= 0.3 is 0 Å². The second kappa shape index (κ2) is 5.17. The van der Waals surface area contributed by atoms with E-state index in [4.69, 9.17) is 4.74 Å². The summed E-state index contributed by atoms with van der Waals surface area (Å²) in [5, 5.41) is 20.2. The number of hydrogen-bond donors (Lipinski definition) is 2. The van der Waals surface area contributed by atoms with E-state index in [1.165, 1.54) is 11.1 Å². The largest absolute Gasteiger partial charge is 0.390 e. The predicted molar refractivity (Wildman–Crippen MR) is 91.1 cm³/mol. The molecule has 126 valence electrons. The molecule has 23 heavy (non-hydrogen) atoms. The van der Waals surface area contributed by atoms with Gasteiger partial charge in [0.15, 0.2) is 0 Å². The van der Waals surface area contributed by atoms with Crippen LogP contribution in [0.3, 0.4) is 0 Å². The lowest BCUT2D eigenvalue weighted by molar-refractivity contribution is -0.0950. The van der Waals surface area contributed by atoms with Crippen molar-refractivity contribution in [2.45, 2.75) is 75.8 Å². The summed E-state index contributed by atoms with van der Waals surface area (Å²) in [5.41, 5.74) is 0.140. The molecule has 0 aliphatic carbocycles. The average Bonchev–Trinajstić information content (AvgIpc) is 2.96. The van der Waals surface area contributed by atoms with Crippen molar-refractivity contribution in [3.8, 4) is 0 Å². The Hall–Kier alpha value is -1.16. The second-order valence-corrected chi connectivity index (χ2v) is 8.38. The van der Waals surface area contributed by atoms with Crippen LogP contribution in [-0.2, 0) is 15.9 Å². The summed E-state index contributed by atoms with van der Waals surface area (Å²) in [6.45, 7) is 7.35. The minimum atomic E-state index is -0.707. The van der Waals surface area contributed by atoms with Gasteiger partial charge in [0.05, 0.1) is 11.2 Å². The van der Waals surface area contributed by atoms with Crippen LogP contribution < -0.4 is 0 Å². The van der Waals surface area contributed by atoms with Crippen molar-refractivity contribution in [1.29, 1.82) is 0 Å². The molecule has 0 radical (unpaired) electrons. The molecule has 2 aliphatic heterocycles. The zero-order valence-corrected chi connectivity index (χ0v) is 14.6. The van der Waals surface area contributed by atoms with Crippen molar-refractivity contribution in [1.82, 2.24) is 0 Å². The summed E-state index contributed by atoms with van der Waals surface area (Å²) >= 11 is 0. The monoisotopic (exact) mass is 316 g/mol. The Balaban J connectivity index is 1.91. The Bertz CT molecular complexity index is 568. The molecule has 0 saturated carbocycles. The van der Waals surface area contributed by atoms with Crippen LogP contribution in [0, 0.1) is 0 Å². The van der Waals surface area contributed by atoms with Crippen LogP contribution in [0.2, 0.25) is 0 Å². The van der Waals surface area contributed by atoms with Gasteiger partial charge < -0.3 is 14.9 Å². The Kier molecular flexibility index (Phi) is 3.75. The molecule has 0 spiro atoms. The van der Waals surface area contributed by atoms with E-state index >= 15 is 0 Å². The van der Waals surface area contributed by atoms with E-state index < -0.39 is 22.4 Å². The van der Waals surface area contributed by atoms with Gasteiger partial charge in [-0.3, -0.25) is 0 Å². The van der Waals surface area contributed by atoms with Gasteiger partial charge in [0, 0.05) is 0 Å². The van der Waals surface area contributed by atoms with Crippen LogP contribution in [0.15, 0.2) is 36.4 Å². The van der Waals surface area contributed by atoms with E-state index in [2.05, 4.69) is 24.3 Å². The zero-order valence-electron chi connectivity index (χ0n) is 14.6. The summed E-state index contributed by atoms with van der Waals surface area (Å²) in [5.74, 6) is 0. The summed E-state index contributed by atoms with van der Waals surface area (Å²) in [6, 6.07) is 8.36. The number of benzene rings is 1. The Morgan fingerprint density at radius 2 is 1.22 bits per heavy atom. The SMILES string of the molecule is CC(C)(O)CCC12C=CC(CCC(C)(C)O)(O1)c1ccccc12. The summed E-state index contributed by atoms with van der Waals surface area (Å²) in [6.07, 6.45) is 7.18. The molecule has 0 amide bonds. The van der Waals surface area contributed by atoms with Crippen molar-refractivity contribution >= 4 is 0 Å². The van der Waals surface area contributed by atoms with Gasteiger partial charge in [0.2, 0.25) is 0 Å². The van der Waals surface area contributed by atoms with Gasteiger partial charge in [-0.25, -0.2) is 0 Å². The van der Waals surface area contributed by atoms with Crippen molar-refractivity contribution in [3.63, 3.8) is 0 Å². The highest BCUT2D eigenvalue weighted by atomic mass is 16.5. The molecule has 3 rings (SSSR count). The minimum Gasteiger partial charge on any atom is -0.390 e. The number of rotatable bonds is 6. The number of fused-ring (bicyclic) bond motifs is 5. The van der Waals surface area contributed by atoms with Crippen molar-refractivity contribution in [3.05, 3.63) is 47.5 Å². The first-order valence-electron chi connectivity index (χ1n) is 8.51. The van der Waals surface area contributed by atoms with Gasteiger partial charge in [0.1, 0.15) is 11.2 Å². The van der Waals surface area contributed by atoms with Crippen LogP contribution in [0.1, 0.15) is 64.5 Å². The summed E-state index contributed by atoms with van der Waals surface area (Å²) in [7, 11) is 0. The molecular formula is C20H28O3. The Morgan fingerprint density at radius 3 is 1.57 bits per heavy atom. The summed E-state index contributed by atoms with van der Waals surface area (Å²) in [4.78, 5) is 0. The summed E-state index contributed by atoms with van der Waals surface area (Å²) < 4.78 is 6.58. The molecular weight excluding hydrogens is 288 g/mol. The third-order valence-electron chi connectivity index (χ3n) is 5.04. The van der Waals surface area contributed by atoms with Crippen LogP contribution >= 0.6 is 0 Å². The van der Waals surface area contributed by atoms with Gasteiger partial charge in [-0.15, -0.1) is 0 Å². The highest BCUT2D eigenvalue weighted by molar-refractivity contribution is 5.51. The molecule has 0 saturated heterocycles. The molecule has 3 heteroatoms. The minimum absolute atomic E-state index is 0.434. The first-order chi connectivity index (χ1) is 10.6. The third kappa shape index (κ3) is 3.10. The number of aliphatic hydroxyl groups is 2. The van der Waals surface area contributed by atoms with Crippen LogP contribution in [0.25, 0.3) is 0 Å². The standard InChI is InChI=1S/C20H28O3/c1-17(2,21)9-11-19-13-14-20(23-19,12-10-18(3,4)22)16-8-6-5-7-15(16)19/h5-8,13-14,21-22H,9-12H2,1-4H3. The van der Waals surface area contributed by atoms with Crippen molar-refractivity contribution in [2.24, 2.45) is 0 Å². The van der Waals surface area contributed by atoms with E-state index in [-0.39, 0.29) is 0 Å². The normalized spacial score (nSPS) is 29.1. The van der Waals surface area contributed by atoms with Crippen molar-refractivity contribution < 1.29 is 14.9 Å². The van der Waals surface area contributed by atoms with E-state index in [1.807, 2.05) is 39.8 Å². The van der Waals surface area contributed by atoms with Crippen molar-refractivity contribution in [2.75, 3.05) is 0 Å². The lowest BCUT2D eigenvalue weighted by Gasteiger charge is -2.30. The fraction of sp³-hybridized carbons (Fsp3) is 0.600. The van der Waals surface area contributed by atoms with E-state index in [0.29, 0.717) is 12.8 Å². The Labute approximate surface area is 139 Å². The van der Waals surface area contributed by atoms with Gasteiger partial charge in [-0.2, -0.15) is 0 Å².